The van der Waals surface area contributed by atoms with E-state index < -0.39 is 0 Å². The minimum atomic E-state index is 0.183. The van der Waals surface area contributed by atoms with E-state index in [9.17, 15) is 4.79 Å². The lowest BCUT2D eigenvalue weighted by Crippen LogP contribution is -2.38. The smallest absolute Gasteiger partial charge is 0.224 e. The third-order valence-corrected chi connectivity index (χ3v) is 4.53. The number of carbonyl (C=O) groups is 1. The number of rotatable bonds is 0. The van der Waals surface area contributed by atoms with Crippen molar-refractivity contribution in [3.63, 3.8) is 0 Å². The molecule has 2 atom stereocenters. The first-order valence-electron chi connectivity index (χ1n) is 7.17. The Morgan fingerprint density at radius 1 is 1.37 bits per heavy atom. The summed E-state index contributed by atoms with van der Waals surface area (Å²) in [7, 11) is 2.19. The summed E-state index contributed by atoms with van der Waals surface area (Å²) >= 11 is 0. The first-order valence-corrected chi connectivity index (χ1v) is 7.17. The van der Waals surface area contributed by atoms with Crippen molar-refractivity contribution in [2.24, 2.45) is 0 Å². The van der Waals surface area contributed by atoms with Gasteiger partial charge < -0.3 is 9.80 Å². The lowest BCUT2D eigenvalue weighted by atomic mass is 9.92. The van der Waals surface area contributed by atoms with Crippen LogP contribution in [0.25, 0.3) is 0 Å². The van der Waals surface area contributed by atoms with Crippen LogP contribution < -0.4 is 4.90 Å². The maximum atomic E-state index is 12.1. The Balaban J connectivity index is 2.08. The molecule has 19 heavy (non-hydrogen) atoms. The average molecular weight is 258 g/mol. The van der Waals surface area contributed by atoms with Gasteiger partial charge in [-0.3, -0.25) is 4.79 Å². The van der Waals surface area contributed by atoms with Crippen molar-refractivity contribution in [3.8, 4) is 0 Å². The highest BCUT2D eigenvalue weighted by Crippen LogP contribution is 2.44. The Morgan fingerprint density at radius 3 is 2.89 bits per heavy atom. The van der Waals surface area contributed by atoms with Crippen LogP contribution in [0.1, 0.15) is 36.8 Å². The van der Waals surface area contributed by atoms with Crippen molar-refractivity contribution in [1.82, 2.24) is 4.90 Å². The molecule has 0 bridgehead atoms. The van der Waals surface area contributed by atoms with Crippen LogP contribution in [-0.2, 0) is 4.79 Å². The maximum Gasteiger partial charge on any atom is 0.224 e. The number of carbonyl (C=O) groups excluding carboxylic acids is 1. The van der Waals surface area contributed by atoms with Gasteiger partial charge in [-0.2, -0.15) is 0 Å². The molecule has 2 unspecified atom stereocenters. The van der Waals surface area contributed by atoms with Crippen LogP contribution >= 0.6 is 0 Å². The molecule has 3 rings (SSSR count). The van der Waals surface area contributed by atoms with E-state index in [1.54, 1.807) is 6.92 Å². The largest absolute Gasteiger partial charge is 0.309 e. The number of benzene rings is 1. The number of likely N-dealkylation sites (tertiary alicyclic amines) is 1. The Labute approximate surface area is 115 Å². The fourth-order valence-corrected chi connectivity index (χ4v) is 3.71. The number of hydrogen-bond acceptors (Lipinski definition) is 2. The van der Waals surface area contributed by atoms with Gasteiger partial charge >= 0.3 is 0 Å². The van der Waals surface area contributed by atoms with Crippen LogP contribution in [0.3, 0.4) is 0 Å². The monoisotopic (exact) mass is 258 g/mol. The molecule has 102 valence electrons. The molecule has 0 aromatic heterocycles. The summed E-state index contributed by atoms with van der Waals surface area (Å²) in [6.07, 6.45) is 2.29. The van der Waals surface area contributed by atoms with E-state index in [0.717, 1.165) is 25.2 Å². The highest BCUT2D eigenvalue weighted by atomic mass is 16.2. The first kappa shape index (κ1) is 12.7. The van der Waals surface area contributed by atoms with Crippen LogP contribution in [0.5, 0.6) is 0 Å². The van der Waals surface area contributed by atoms with E-state index in [4.69, 9.17) is 0 Å². The van der Waals surface area contributed by atoms with E-state index in [-0.39, 0.29) is 5.91 Å². The minimum absolute atomic E-state index is 0.183. The normalized spacial score (nSPS) is 26.8. The SMILES string of the molecule is CC(=O)N1c2ccc(C)cc2C2CN(C)CCCC21. The van der Waals surface area contributed by atoms with Gasteiger partial charge in [0.2, 0.25) is 5.91 Å². The minimum Gasteiger partial charge on any atom is -0.309 e. The van der Waals surface area contributed by atoms with Gasteiger partial charge in [-0.1, -0.05) is 17.7 Å². The molecule has 1 saturated heterocycles. The highest BCUT2D eigenvalue weighted by Gasteiger charge is 2.41. The molecule has 0 saturated carbocycles. The second-order valence-electron chi connectivity index (χ2n) is 6.03. The predicted octanol–water partition coefficient (Wildman–Crippen LogP) is 2.54. The highest BCUT2D eigenvalue weighted by molar-refractivity contribution is 5.95. The van der Waals surface area contributed by atoms with Gasteiger partial charge in [-0.25, -0.2) is 0 Å². The summed E-state index contributed by atoms with van der Waals surface area (Å²) in [6.45, 7) is 6.03. The van der Waals surface area contributed by atoms with Crippen LogP contribution in [0, 0.1) is 6.92 Å². The molecular formula is C16H22N2O. The quantitative estimate of drug-likeness (QED) is 0.714. The summed E-state index contributed by atoms with van der Waals surface area (Å²) in [4.78, 5) is 16.5. The van der Waals surface area contributed by atoms with Crippen LogP contribution in [0.4, 0.5) is 5.69 Å². The lowest BCUT2D eigenvalue weighted by Gasteiger charge is -2.26. The summed E-state index contributed by atoms with van der Waals surface area (Å²) < 4.78 is 0. The topological polar surface area (TPSA) is 23.6 Å². The van der Waals surface area contributed by atoms with Crippen LogP contribution in [0.15, 0.2) is 18.2 Å². The van der Waals surface area contributed by atoms with E-state index in [1.165, 1.54) is 17.5 Å². The van der Waals surface area contributed by atoms with Gasteiger partial charge in [0.15, 0.2) is 0 Å². The van der Waals surface area contributed by atoms with E-state index in [0.29, 0.717) is 12.0 Å². The molecule has 0 radical (unpaired) electrons. The third-order valence-electron chi connectivity index (χ3n) is 4.53. The lowest BCUT2D eigenvalue weighted by molar-refractivity contribution is -0.117. The Bertz CT molecular complexity index is 511. The van der Waals surface area contributed by atoms with Gasteiger partial charge in [-0.05, 0) is 45.0 Å². The van der Waals surface area contributed by atoms with Crippen LogP contribution in [0.2, 0.25) is 0 Å². The number of nitrogens with zero attached hydrogens (tertiary/aromatic N) is 2. The summed E-state index contributed by atoms with van der Waals surface area (Å²) in [5.74, 6) is 0.661. The molecule has 1 amide bonds. The molecule has 3 nitrogen and oxygen atoms in total. The van der Waals surface area contributed by atoms with Crippen molar-refractivity contribution in [3.05, 3.63) is 29.3 Å². The number of aryl methyl sites for hydroxylation is 1. The summed E-state index contributed by atoms with van der Waals surface area (Å²) in [5.41, 5.74) is 3.80. The standard InChI is InChI=1S/C16H22N2O/c1-11-6-7-16-13(9-11)14-10-17(3)8-4-5-15(14)18(16)12(2)19/h6-7,9,14-15H,4-5,8,10H2,1-3H3. The average Bonchev–Trinajstić information content (AvgIpc) is 2.51. The molecule has 2 aliphatic rings. The molecule has 2 aliphatic heterocycles. The summed E-state index contributed by atoms with van der Waals surface area (Å²) in [5, 5.41) is 0. The van der Waals surface area contributed by atoms with Gasteiger partial charge in [0.25, 0.3) is 0 Å². The Morgan fingerprint density at radius 2 is 2.16 bits per heavy atom. The van der Waals surface area contributed by atoms with Crippen molar-refractivity contribution < 1.29 is 4.79 Å². The first-order chi connectivity index (χ1) is 9.08. The zero-order valence-electron chi connectivity index (χ0n) is 12.0. The molecule has 0 aliphatic carbocycles. The zero-order valence-corrected chi connectivity index (χ0v) is 12.0. The summed E-state index contributed by atoms with van der Waals surface area (Å²) in [6, 6.07) is 6.87. The number of likely N-dealkylation sites (N-methyl/N-ethyl adjacent to an activating group) is 1. The van der Waals surface area contributed by atoms with Gasteiger partial charge in [0, 0.05) is 31.1 Å². The van der Waals surface area contributed by atoms with Crippen molar-refractivity contribution in [1.29, 1.82) is 0 Å². The number of anilines is 1. The van der Waals surface area contributed by atoms with E-state index in [1.807, 2.05) is 4.90 Å². The fourth-order valence-electron chi connectivity index (χ4n) is 3.71. The number of hydrogen-bond donors (Lipinski definition) is 0. The van der Waals surface area contributed by atoms with Crippen LogP contribution in [-0.4, -0.2) is 37.0 Å². The van der Waals surface area contributed by atoms with Crippen molar-refractivity contribution >= 4 is 11.6 Å². The zero-order chi connectivity index (χ0) is 13.6. The van der Waals surface area contributed by atoms with E-state index in [2.05, 4.69) is 37.1 Å². The molecule has 2 heterocycles. The molecule has 1 fully saturated rings. The Kier molecular flexibility index (Phi) is 3.09. The number of fused-ring (bicyclic) bond motifs is 3. The second-order valence-corrected chi connectivity index (χ2v) is 6.03. The Hall–Kier alpha value is -1.35. The van der Waals surface area contributed by atoms with Gasteiger partial charge in [-0.15, -0.1) is 0 Å². The second kappa shape index (κ2) is 4.64. The molecule has 0 spiro atoms. The molecule has 0 N–H and O–H groups in total. The van der Waals surface area contributed by atoms with Gasteiger partial charge in [0.1, 0.15) is 0 Å². The van der Waals surface area contributed by atoms with Crippen molar-refractivity contribution in [2.45, 2.75) is 38.6 Å². The third kappa shape index (κ3) is 2.06. The molecule has 1 aromatic carbocycles. The maximum absolute atomic E-state index is 12.1. The number of amides is 1. The molecular weight excluding hydrogens is 236 g/mol. The molecule has 3 heteroatoms. The van der Waals surface area contributed by atoms with E-state index >= 15 is 0 Å². The van der Waals surface area contributed by atoms with Crippen molar-refractivity contribution in [2.75, 3.05) is 25.0 Å². The van der Waals surface area contributed by atoms with Gasteiger partial charge in [0.05, 0.1) is 0 Å². The molecule has 1 aromatic rings. The fraction of sp³-hybridized carbons (Fsp3) is 0.562. The predicted molar refractivity (Wildman–Crippen MR) is 77.6 cm³/mol.